The molecule has 1 aliphatic heterocycles. The Bertz CT molecular complexity index is 1020. The molecule has 1 amide bonds. The summed E-state index contributed by atoms with van der Waals surface area (Å²) in [5.41, 5.74) is 1.43. The zero-order chi connectivity index (χ0) is 20.9. The first-order valence-corrected chi connectivity index (χ1v) is 12.2. The molecular weight excluding hydrogens is 438 g/mol. The number of halogens is 1. The average Bonchev–Trinajstić information content (AvgIpc) is 3.20. The van der Waals surface area contributed by atoms with E-state index in [4.69, 9.17) is 21.3 Å². The SMILES string of the molecule is CCSc1cccc(C(=O)N(CCN2CCOCC2)c2nc3c(Cl)cccc3s2)c1. The molecule has 0 atom stereocenters. The molecule has 0 saturated carbocycles. The molecule has 8 heteroatoms. The summed E-state index contributed by atoms with van der Waals surface area (Å²) in [6, 6.07) is 13.6. The molecule has 1 saturated heterocycles. The van der Waals surface area contributed by atoms with Gasteiger partial charge in [-0.15, -0.1) is 11.8 Å². The zero-order valence-electron chi connectivity index (χ0n) is 16.8. The molecule has 2 heterocycles. The van der Waals surface area contributed by atoms with Crippen LogP contribution in [0.15, 0.2) is 47.4 Å². The normalized spacial score (nSPS) is 14.9. The molecule has 1 fully saturated rings. The predicted molar refractivity (Wildman–Crippen MR) is 126 cm³/mol. The number of hydrogen-bond acceptors (Lipinski definition) is 6. The largest absolute Gasteiger partial charge is 0.379 e. The Hall–Kier alpha value is -1.64. The summed E-state index contributed by atoms with van der Waals surface area (Å²) in [4.78, 5) is 23.5. The molecular formula is C22H24ClN3O2S2. The molecule has 2 aromatic carbocycles. The van der Waals surface area contributed by atoms with Crippen LogP contribution >= 0.6 is 34.7 Å². The number of rotatable bonds is 7. The topological polar surface area (TPSA) is 45.7 Å². The molecule has 4 rings (SSSR count). The predicted octanol–water partition coefficient (Wildman–Crippen LogP) is 5.04. The first kappa shape index (κ1) is 21.6. The van der Waals surface area contributed by atoms with E-state index < -0.39 is 0 Å². The number of hydrogen-bond donors (Lipinski definition) is 0. The van der Waals surface area contributed by atoms with E-state index in [1.807, 2.05) is 42.5 Å². The lowest BCUT2D eigenvalue weighted by Crippen LogP contribution is -2.43. The van der Waals surface area contributed by atoms with Gasteiger partial charge >= 0.3 is 0 Å². The molecule has 0 N–H and O–H groups in total. The van der Waals surface area contributed by atoms with Crippen LogP contribution in [0.2, 0.25) is 5.02 Å². The number of anilines is 1. The fraction of sp³-hybridized carbons (Fsp3) is 0.364. The van der Waals surface area contributed by atoms with Crippen molar-refractivity contribution < 1.29 is 9.53 Å². The Morgan fingerprint density at radius 3 is 2.83 bits per heavy atom. The molecule has 0 aliphatic carbocycles. The Kier molecular flexibility index (Phi) is 7.28. The standard InChI is InChI=1S/C22H24ClN3O2S2/c1-2-29-17-6-3-5-16(15-17)21(27)26(10-9-25-11-13-28-14-12-25)22-24-20-18(23)7-4-8-19(20)30-22/h3-8,15H,2,9-14H2,1H3. The van der Waals surface area contributed by atoms with E-state index in [1.165, 1.54) is 11.3 Å². The van der Waals surface area contributed by atoms with Crippen molar-refractivity contribution in [3.8, 4) is 0 Å². The fourth-order valence-electron chi connectivity index (χ4n) is 3.41. The zero-order valence-corrected chi connectivity index (χ0v) is 19.2. The number of aromatic nitrogens is 1. The minimum absolute atomic E-state index is 0.0306. The number of thioether (sulfide) groups is 1. The van der Waals surface area contributed by atoms with E-state index in [0.717, 1.165) is 53.7 Å². The number of morpholine rings is 1. The number of nitrogens with zero attached hydrogens (tertiary/aromatic N) is 3. The van der Waals surface area contributed by atoms with Crippen LogP contribution in [0.5, 0.6) is 0 Å². The number of carbonyl (C=O) groups excluding carboxylic acids is 1. The van der Waals surface area contributed by atoms with E-state index in [1.54, 1.807) is 16.7 Å². The van der Waals surface area contributed by atoms with Gasteiger partial charge in [0.2, 0.25) is 0 Å². The second-order valence-electron chi connectivity index (χ2n) is 6.95. The van der Waals surface area contributed by atoms with Crippen LogP contribution in [0.1, 0.15) is 17.3 Å². The monoisotopic (exact) mass is 461 g/mol. The second kappa shape index (κ2) is 10.1. The summed E-state index contributed by atoms with van der Waals surface area (Å²) in [5.74, 6) is 0.936. The molecule has 30 heavy (non-hydrogen) atoms. The van der Waals surface area contributed by atoms with Gasteiger partial charge in [-0.25, -0.2) is 4.98 Å². The van der Waals surface area contributed by atoms with Gasteiger partial charge in [-0.3, -0.25) is 14.6 Å². The van der Waals surface area contributed by atoms with Crippen LogP contribution in [-0.2, 0) is 4.74 Å². The van der Waals surface area contributed by atoms with Gasteiger partial charge in [-0.2, -0.15) is 0 Å². The molecule has 1 aliphatic rings. The van der Waals surface area contributed by atoms with Gasteiger partial charge in [0.1, 0.15) is 5.52 Å². The van der Waals surface area contributed by atoms with Crippen LogP contribution in [0.4, 0.5) is 5.13 Å². The third kappa shape index (κ3) is 4.98. The molecule has 0 radical (unpaired) electrons. The van der Waals surface area contributed by atoms with Gasteiger partial charge < -0.3 is 4.74 Å². The van der Waals surface area contributed by atoms with Crippen molar-refractivity contribution in [2.24, 2.45) is 0 Å². The van der Waals surface area contributed by atoms with Crippen molar-refractivity contribution in [1.29, 1.82) is 0 Å². The number of thiazole rings is 1. The average molecular weight is 462 g/mol. The third-order valence-corrected chi connectivity index (χ3v) is 7.19. The molecule has 0 spiro atoms. The first-order chi connectivity index (χ1) is 14.7. The van der Waals surface area contributed by atoms with Crippen LogP contribution in [-0.4, -0.2) is 60.9 Å². The lowest BCUT2D eigenvalue weighted by Gasteiger charge is -2.29. The lowest BCUT2D eigenvalue weighted by atomic mass is 10.2. The van der Waals surface area contributed by atoms with Crippen molar-refractivity contribution in [3.63, 3.8) is 0 Å². The molecule has 5 nitrogen and oxygen atoms in total. The van der Waals surface area contributed by atoms with E-state index in [9.17, 15) is 4.79 Å². The Labute approximate surface area is 190 Å². The highest BCUT2D eigenvalue weighted by Crippen LogP contribution is 2.33. The molecule has 3 aromatic rings. The maximum absolute atomic E-state index is 13.5. The Morgan fingerprint density at radius 2 is 2.07 bits per heavy atom. The van der Waals surface area contributed by atoms with Crippen molar-refractivity contribution in [2.75, 3.05) is 50.0 Å². The highest BCUT2D eigenvalue weighted by molar-refractivity contribution is 7.99. The van der Waals surface area contributed by atoms with Crippen LogP contribution in [0.3, 0.4) is 0 Å². The first-order valence-electron chi connectivity index (χ1n) is 10.1. The molecule has 158 valence electrons. The number of ether oxygens (including phenoxy) is 1. The van der Waals surface area contributed by atoms with Crippen LogP contribution in [0, 0.1) is 0 Å². The van der Waals surface area contributed by atoms with Crippen molar-refractivity contribution >= 4 is 56.0 Å². The maximum atomic E-state index is 13.5. The summed E-state index contributed by atoms with van der Waals surface area (Å²) in [5, 5.41) is 1.29. The van der Waals surface area contributed by atoms with E-state index in [-0.39, 0.29) is 5.91 Å². The van der Waals surface area contributed by atoms with E-state index in [0.29, 0.717) is 22.3 Å². The number of benzene rings is 2. The summed E-state index contributed by atoms with van der Waals surface area (Å²) in [7, 11) is 0. The number of fused-ring (bicyclic) bond motifs is 1. The quantitative estimate of drug-likeness (QED) is 0.461. The molecule has 0 unspecified atom stereocenters. The fourth-order valence-corrected chi connectivity index (χ4v) is 5.42. The highest BCUT2D eigenvalue weighted by Gasteiger charge is 2.23. The minimum Gasteiger partial charge on any atom is -0.379 e. The van der Waals surface area contributed by atoms with Crippen LogP contribution in [0.25, 0.3) is 10.2 Å². The third-order valence-electron chi connectivity index (χ3n) is 4.97. The number of carbonyl (C=O) groups is 1. The van der Waals surface area contributed by atoms with Crippen molar-refractivity contribution in [1.82, 2.24) is 9.88 Å². The molecule has 1 aromatic heterocycles. The number of para-hydroxylation sites is 1. The van der Waals surface area contributed by atoms with Gasteiger partial charge in [0, 0.05) is 36.6 Å². The van der Waals surface area contributed by atoms with Crippen LogP contribution < -0.4 is 4.90 Å². The van der Waals surface area contributed by atoms with Crippen molar-refractivity contribution in [2.45, 2.75) is 11.8 Å². The Morgan fingerprint density at radius 1 is 1.27 bits per heavy atom. The van der Waals surface area contributed by atoms with E-state index >= 15 is 0 Å². The van der Waals surface area contributed by atoms with Gasteiger partial charge in [0.15, 0.2) is 5.13 Å². The Balaban J connectivity index is 1.64. The van der Waals surface area contributed by atoms with Gasteiger partial charge in [0.05, 0.1) is 22.9 Å². The molecule has 0 bridgehead atoms. The smallest absolute Gasteiger partial charge is 0.260 e. The lowest BCUT2D eigenvalue weighted by molar-refractivity contribution is 0.0391. The summed E-state index contributed by atoms with van der Waals surface area (Å²) in [6.07, 6.45) is 0. The van der Waals surface area contributed by atoms with Crippen molar-refractivity contribution in [3.05, 3.63) is 53.1 Å². The number of amides is 1. The van der Waals surface area contributed by atoms with E-state index in [2.05, 4.69) is 11.8 Å². The second-order valence-corrected chi connectivity index (χ2v) is 9.71. The van der Waals surface area contributed by atoms with Gasteiger partial charge in [-0.1, -0.05) is 42.0 Å². The van der Waals surface area contributed by atoms with Gasteiger partial charge in [0.25, 0.3) is 5.91 Å². The summed E-state index contributed by atoms with van der Waals surface area (Å²) >= 11 is 9.58. The highest BCUT2D eigenvalue weighted by atomic mass is 35.5. The summed E-state index contributed by atoms with van der Waals surface area (Å²) in [6.45, 7) is 6.71. The summed E-state index contributed by atoms with van der Waals surface area (Å²) < 4.78 is 6.43. The maximum Gasteiger partial charge on any atom is 0.260 e. The minimum atomic E-state index is -0.0306. The van der Waals surface area contributed by atoms with Gasteiger partial charge in [-0.05, 0) is 36.1 Å².